The summed E-state index contributed by atoms with van der Waals surface area (Å²) in [6.07, 6.45) is 0. The Morgan fingerprint density at radius 2 is 2.35 bits per heavy atom. The molecule has 2 aromatic rings. The number of carbonyl (C=O) groups is 1. The molecule has 0 amide bonds. The molecule has 4 nitrogen and oxygen atoms in total. The van der Waals surface area contributed by atoms with Crippen molar-refractivity contribution < 1.29 is 9.90 Å². The molecule has 0 aromatic carbocycles. The third kappa shape index (κ3) is 3.36. The Bertz CT molecular complexity index is 493. The van der Waals surface area contributed by atoms with Crippen molar-refractivity contribution in [3.63, 3.8) is 0 Å². The first-order chi connectivity index (χ1) is 8.15. The highest BCUT2D eigenvalue weighted by Crippen LogP contribution is 2.25. The van der Waals surface area contributed by atoms with Gasteiger partial charge in [0.05, 0.1) is 12.2 Å². The van der Waals surface area contributed by atoms with Crippen LogP contribution in [0.25, 0.3) is 10.6 Å². The number of aliphatic carboxylic acids is 1. The smallest absolute Gasteiger partial charge is 0.317 e. The fourth-order valence-electron chi connectivity index (χ4n) is 1.46. The van der Waals surface area contributed by atoms with E-state index in [-0.39, 0.29) is 6.54 Å². The largest absolute Gasteiger partial charge is 0.480 e. The first kappa shape index (κ1) is 12.2. The lowest BCUT2D eigenvalue weighted by atomic mass is 10.3. The number of aromatic nitrogens is 1. The van der Waals surface area contributed by atoms with Gasteiger partial charge in [0.2, 0.25) is 0 Å². The second kappa shape index (κ2) is 5.39. The van der Waals surface area contributed by atoms with Crippen LogP contribution in [-0.2, 0) is 11.3 Å². The van der Waals surface area contributed by atoms with Crippen LogP contribution in [0.15, 0.2) is 22.2 Å². The lowest BCUT2D eigenvalue weighted by Gasteiger charge is -2.11. The van der Waals surface area contributed by atoms with Crippen molar-refractivity contribution >= 4 is 28.6 Å². The van der Waals surface area contributed by atoms with Gasteiger partial charge in [0.1, 0.15) is 5.01 Å². The van der Waals surface area contributed by atoms with Gasteiger partial charge in [0, 0.05) is 22.9 Å². The number of thiophene rings is 1. The predicted octanol–water partition coefficient (Wildman–Crippen LogP) is 2.39. The van der Waals surface area contributed by atoms with Crippen molar-refractivity contribution in [2.75, 3.05) is 13.6 Å². The number of carboxylic acids is 1. The van der Waals surface area contributed by atoms with Crippen LogP contribution in [0, 0.1) is 0 Å². The number of hydrogen-bond donors (Lipinski definition) is 1. The van der Waals surface area contributed by atoms with Gasteiger partial charge >= 0.3 is 5.97 Å². The number of thiazole rings is 1. The summed E-state index contributed by atoms with van der Waals surface area (Å²) in [4.78, 5) is 16.8. The average molecular weight is 268 g/mol. The molecule has 2 aromatic heterocycles. The second-order valence-electron chi connectivity index (χ2n) is 3.72. The molecule has 0 aliphatic heterocycles. The van der Waals surface area contributed by atoms with Crippen LogP contribution >= 0.6 is 22.7 Å². The number of hydrogen-bond acceptors (Lipinski definition) is 5. The molecule has 0 spiro atoms. The minimum Gasteiger partial charge on any atom is -0.480 e. The van der Waals surface area contributed by atoms with Crippen LogP contribution in [0.3, 0.4) is 0 Å². The number of likely N-dealkylation sites (N-methyl/N-ethyl adjacent to an activating group) is 1. The Balaban J connectivity index is 2.01. The number of carboxylic acid groups (broad SMARTS) is 1. The molecule has 0 aliphatic rings. The van der Waals surface area contributed by atoms with Crippen molar-refractivity contribution in [1.29, 1.82) is 0 Å². The molecule has 6 heteroatoms. The van der Waals surface area contributed by atoms with Gasteiger partial charge < -0.3 is 5.11 Å². The monoisotopic (exact) mass is 268 g/mol. The Kier molecular flexibility index (Phi) is 3.88. The molecule has 0 aliphatic carbocycles. The maximum absolute atomic E-state index is 10.5. The second-order valence-corrected chi connectivity index (χ2v) is 5.36. The number of nitrogens with zero attached hydrogens (tertiary/aromatic N) is 2. The van der Waals surface area contributed by atoms with Gasteiger partial charge in [-0.05, 0) is 18.5 Å². The molecule has 0 atom stereocenters. The van der Waals surface area contributed by atoms with Crippen molar-refractivity contribution in [2.45, 2.75) is 6.54 Å². The highest BCUT2D eigenvalue weighted by molar-refractivity contribution is 7.14. The summed E-state index contributed by atoms with van der Waals surface area (Å²) in [7, 11) is 1.78. The Morgan fingerprint density at radius 3 is 3.00 bits per heavy atom. The lowest BCUT2D eigenvalue weighted by Crippen LogP contribution is -2.25. The summed E-state index contributed by atoms with van der Waals surface area (Å²) in [5.74, 6) is -0.819. The summed E-state index contributed by atoms with van der Waals surface area (Å²) in [5, 5.41) is 15.7. The van der Waals surface area contributed by atoms with Crippen molar-refractivity contribution in [3.8, 4) is 10.6 Å². The van der Waals surface area contributed by atoms with E-state index in [0.717, 1.165) is 16.3 Å². The van der Waals surface area contributed by atoms with E-state index in [1.54, 1.807) is 34.6 Å². The summed E-state index contributed by atoms with van der Waals surface area (Å²) < 4.78 is 0. The highest BCUT2D eigenvalue weighted by atomic mass is 32.1. The minimum atomic E-state index is -0.819. The van der Waals surface area contributed by atoms with E-state index in [0.29, 0.717) is 6.54 Å². The van der Waals surface area contributed by atoms with Gasteiger partial charge in [-0.1, -0.05) is 0 Å². The van der Waals surface area contributed by atoms with E-state index in [1.807, 2.05) is 16.8 Å². The molecule has 90 valence electrons. The molecule has 2 rings (SSSR count). The molecule has 0 saturated carbocycles. The first-order valence-corrected chi connectivity index (χ1v) is 6.84. The van der Waals surface area contributed by atoms with Gasteiger partial charge in [0.15, 0.2) is 0 Å². The molecule has 0 unspecified atom stereocenters. The van der Waals surface area contributed by atoms with Gasteiger partial charge in [-0.3, -0.25) is 9.69 Å². The zero-order valence-electron chi connectivity index (χ0n) is 9.29. The minimum absolute atomic E-state index is 0.0330. The van der Waals surface area contributed by atoms with Crippen molar-refractivity contribution in [3.05, 3.63) is 27.9 Å². The summed E-state index contributed by atoms with van der Waals surface area (Å²) in [5.41, 5.74) is 2.05. The molecule has 17 heavy (non-hydrogen) atoms. The molecular weight excluding hydrogens is 256 g/mol. The van der Waals surface area contributed by atoms with Gasteiger partial charge in [-0.15, -0.1) is 11.3 Å². The third-order valence-corrected chi connectivity index (χ3v) is 3.78. The van der Waals surface area contributed by atoms with Gasteiger partial charge in [-0.2, -0.15) is 11.3 Å². The standard InChI is InChI=1S/C11H12N2O2S2/c1-13(5-10(14)15)4-9-7-17-11(12-9)8-2-3-16-6-8/h2-3,6-7H,4-5H2,1H3,(H,14,15). The Hall–Kier alpha value is -1.24. The fraction of sp³-hybridized carbons (Fsp3) is 0.273. The van der Waals surface area contributed by atoms with E-state index >= 15 is 0 Å². The maximum Gasteiger partial charge on any atom is 0.317 e. The maximum atomic E-state index is 10.5. The van der Waals surface area contributed by atoms with Crippen LogP contribution < -0.4 is 0 Å². The van der Waals surface area contributed by atoms with Gasteiger partial charge in [-0.25, -0.2) is 4.98 Å². The summed E-state index contributed by atoms with van der Waals surface area (Å²) >= 11 is 3.23. The van der Waals surface area contributed by atoms with Crippen LogP contribution in [0.4, 0.5) is 0 Å². The van der Waals surface area contributed by atoms with E-state index < -0.39 is 5.97 Å². The fourth-order valence-corrected chi connectivity index (χ4v) is 2.98. The molecule has 0 radical (unpaired) electrons. The molecule has 2 heterocycles. The molecule has 0 saturated heterocycles. The SMILES string of the molecule is CN(CC(=O)O)Cc1csc(-c2ccsc2)n1. The van der Waals surface area contributed by atoms with E-state index in [4.69, 9.17) is 5.11 Å². The van der Waals surface area contributed by atoms with E-state index in [2.05, 4.69) is 10.4 Å². The zero-order valence-corrected chi connectivity index (χ0v) is 10.9. The van der Waals surface area contributed by atoms with Crippen LogP contribution in [0.1, 0.15) is 5.69 Å². The molecule has 1 N–H and O–H groups in total. The quantitative estimate of drug-likeness (QED) is 0.904. The Labute approximate surface area is 107 Å². The normalized spacial score (nSPS) is 10.9. The van der Waals surface area contributed by atoms with Crippen molar-refractivity contribution in [1.82, 2.24) is 9.88 Å². The summed E-state index contributed by atoms with van der Waals surface area (Å²) in [6, 6.07) is 2.04. The van der Waals surface area contributed by atoms with Crippen LogP contribution in [0.5, 0.6) is 0 Å². The average Bonchev–Trinajstić information content (AvgIpc) is 2.84. The number of rotatable bonds is 5. The molecule has 0 bridgehead atoms. The van der Waals surface area contributed by atoms with Crippen molar-refractivity contribution in [2.24, 2.45) is 0 Å². The summed E-state index contributed by atoms with van der Waals surface area (Å²) in [6.45, 7) is 0.595. The van der Waals surface area contributed by atoms with E-state index in [9.17, 15) is 4.79 Å². The lowest BCUT2D eigenvalue weighted by molar-refractivity contribution is -0.138. The van der Waals surface area contributed by atoms with E-state index in [1.165, 1.54) is 0 Å². The van der Waals surface area contributed by atoms with Crippen LogP contribution in [0.2, 0.25) is 0 Å². The Morgan fingerprint density at radius 1 is 1.53 bits per heavy atom. The molecule has 0 fully saturated rings. The van der Waals surface area contributed by atoms with Gasteiger partial charge in [0.25, 0.3) is 0 Å². The third-order valence-electron chi connectivity index (χ3n) is 2.16. The molecular formula is C11H12N2O2S2. The first-order valence-electron chi connectivity index (χ1n) is 5.02. The topological polar surface area (TPSA) is 53.4 Å². The predicted molar refractivity (Wildman–Crippen MR) is 69.4 cm³/mol. The van der Waals surface area contributed by atoms with Crippen LogP contribution in [-0.4, -0.2) is 34.6 Å². The highest BCUT2D eigenvalue weighted by Gasteiger charge is 2.09. The zero-order chi connectivity index (χ0) is 12.3.